The second-order valence-corrected chi connectivity index (χ2v) is 5.45. The van der Waals surface area contributed by atoms with Gasteiger partial charge in [-0.15, -0.1) is 0 Å². The lowest BCUT2D eigenvalue weighted by atomic mass is 10.1. The van der Waals surface area contributed by atoms with Crippen molar-refractivity contribution in [1.82, 2.24) is 5.32 Å². The van der Waals surface area contributed by atoms with Crippen molar-refractivity contribution in [1.29, 1.82) is 0 Å². The summed E-state index contributed by atoms with van der Waals surface area (Å²) in [6, 6.07) is 7.69. The lowest BCUT2D eigenvalue weighted by molar-refractivity contribution is -0.123. The van der Waals surface area contributed by atoms with E-state index in [0.29, 0.717) is 12.3 Å². The zero-order chi connectivity index (χ0) is 15.5. The maximum absolute atomic E-state index is 11.8. The summed E-state index contributed by atoms with van der Waals surface area (Å²) in [6.45, 7) is 4.81. The molecule has 0 saturated heterocycles. The van der Waals surface area contributed by atoms with Crippen LogP contribution in [0, 0.1) is 0 Å². The first-order valence-electron chi connectivity index (χ1n) is 7.87. The molecule has 21 heavy (non-hydrogen) atoms. The van der Waals surface area contributed by atoms with Crippen LogP contribution in [0.3, 0.4) is 0 Å². The Morgan fingerprint density at radius 2 is 1.95 bits per heavy atom. The van der Waals surface area contributed by atoms with E-state index >= 15 is 0 Å². The highest BCUT2D eigenvalue weighted by molar-refractivity contribution is 5.77. The number of amides is 1. The standard InChI is InChI=1S/C17H28N2O2/c1-3-4-5-6-7-14(2)19-17(20)13-21-16-10-8-15(12-18)9-11-16/h8-11,14H,3-7,12-13,18H2,1-2H3,(H,19,20). The first kappa shape index (κ1) is 17.5. The molecule has 0 aliphatic heterocycles. The van der Waals surface area contributed by atoms with Crippen LogP contribution < -0.4 is 15.8 Å². The number of carbonyl (C=O) groups is 1. The summed E-state index contributed by atoms with van der Waals surface area (Å²) in [5.41, 5.74) is 6.58. The van der Waals surface area contributed by atoms with Crippen LogP contribution in [0.2, 0.25) is 0 Å². The minimum atomic E-state index is -0.0686. The number of hydrogen-bond acceptors (Lipinski definition) is 3. The van der Waals surface area contributed by atoms with Gasteiger partial charge in [0.25, 0.3) is 5.91 Å². The Hall–Kier alpha value is -1.55. The highest BCUT2D eigenvalue weighted by Crippen LogP contribution is 2.11. The van der Waals surface area contributed by atoms with Gasteiger partial charge in [-0.1, -0.05) is 44.7 Å². The summed E-state index contributed by atoms with van der Waals surface area (Å²) in [5.74, 6) is 0.624. The molecule has 0 bridgehead atoms. The number of nitrogens with one attached hydrogen (secondary N) is 1. The number of rotatable bonds is 10. The predicted octanol–water partition coefficient (Wildman–Crippen LogP) is 3.00. The molecule has 1 atom stereocenters. The summed E-state index contributed by atoms with van der Waals surface area (Å²) in [6.07, 6.45) is 5.93. The van der Waals surface area contributed by atoms with Gasteiger partial charge in [0, 0.05) is 12.6 Å². The molecule has 0 radical (unpaired) electrons. The van der Waals surface area contributed by atoms with Crippen LogP contribution in [0.25, 0.3) is 0 Å². The van der Waals surface area contributed by atoms with Crippen molar-refractivity contribution in [3.63, 3.8) is 0 Å². The molecular formula is C17H28N2O2. The van der Waals surface area contributed by atoms with Gasteiger partial charge in [-0.25, -0.2) is 0 Å². The largest absolute Gasteiger partial charge is 0.484 e. The molecule has 1 unspecified atom stereocenters. The molecule has 0 heterocycles. The average Bonchev–Trinajstić information content (AvgIpc) is 2.50. The highest BCUT2D eigenvalue weighted by atomic mass is 16.5. The minimum Gasteiger partial charge on any atom is -0.484 e. The number of carbonyl (C=O) groups excluding carboxylic acids is 1. The second-order valence-electron chi connectivity index (χ2n) is 5.45. The second kappa shape index (κ2) is 10.2. The van der Waals surface area contributed by atoms with Crippen molar-refractivity contribution >= 4 is 5.91 Å². The Kier molecular flexibility index (Phi) is 8.51. The van der Waals surface area contributed by atoms with Gasteiger partial charge in [0.2, 0.25) is 0 Å². The third kappa shape index (κ3) is 7.71. The van der Waals surface area contributed by atoms with E-state index in [4.69, 9.17) is 10.5 Å². The van der Waals surface area contributed by atoms with Gasteiger partial charge in [0.05, 0.1) is 0 Å². The zero-order valence-corrected chi connectivity index (χ0v) is 13.2. The van der Waals surface area contributed by atoms with Gasteiger partial charge >= 0.3 is 0 Å². The zero-order valence-electron chi connectivity index (χ0n) is 13.2. The van der Waals surface area contributed by atoms with Gasteiger partial charge in [-0.2, -0.15) is 0 Å². The van der Waals surface area contributed by atoms with Crippen LogP contribution in [0.5, 0.6) is 5.75 Å². The van der Waals surface area contributed by atoms with E-state index in [1.165, 1.54) is 19.3 Å². The third-order valence-corrected chi connectivity index (χ3v) is 3.43. The smallest absolute Gasteiger partial charge is 0.258 e. The van der Waals surface area contributed by atoms with E-state index in [0.717, 1.165) is 18.4 Å². The van der Waals surface area contributed by atoms with E-state index in [1.807, 2.05) is 31.2 Å². The molecule has 0 spiro atoms. The Labute approximate surface area is 128 Å². The van der Waals surface area contributed by atoms with Crippen molar-refractivity contribution in [2.45, 2.75) is 58.5 Å². The first-order valence-corrected chi connectivity index (χ1v) is 7.87. The van der Waals surface area contributed by atoms with Gasteiger partial charge in [0.1, 0.15) is 5.75 Å². The van der Waals surface area contributed by atoms with Crippen LogP contribution in [0.1, 0.15) is 51.5 Å². The molecule has 0 aliphatic carbocycles. The Bertz CT molecular complexity index is 404. The topological polar surface area (TPSA) is 64.3 Å². The molecule has 0 aliphatic rings. The number of benzene rings is 1. The average molecular weight is 292 g/mol. The third-order valence-electron chi connectivity index (χ3n) is 3.43. The molecule has 3 N–H and O–H groups in total. The summed E-state index contributed by atoms with van der Waals surface area (Å²) in [4.78, 5) is 11.8. The van der Waals surface area contributed by atoms with Crippen LogP contribution in [-0.4, -0.2) is 18.6 Å². The molecular weight excluding hydrogens is 264 g/mol. The van der Waals surface area contributed by atoms with Crippen molar-refractivity contribution in [3.8, 4) is 5.75 Å². The van der Waals surface area contributed by atoms with Crippen molar-refractivity contribution in [2.24, 2.45) is 5.73 Å². The van der Waals surface area contributed by atoms with E-state index in [2.05, 4.69) is 12.2 Å². The first-order chi connectivity index (χ1) is 10.2. The molecule has 0 aromatic heterocycles. The predicted molar refractivity (Wildman–Crippen MR) is 86.2 cm³/mol. The quantitative estimate of drug-likeness (QED) is 0.652. The van der Waals surface area contributed by atoms with E-state index < -0.39 is 0 Å². The van der Waals surface area contributed by atoms with E-state index in [9.17, 15) is 4.79 Å². The normalized spacial score (nSPS) is 12.0. The maximum Gasteiger partial charge on any atom is 0.258 e. The number of unbranched alkanes of at least 4 members (excludes halogenated alkanes) is 3. The van der Waals surface area contributed by atoms with E-state index in [-0.39, 0.29) is 18.6 Å². The maximum atomic E-state index is 11.8. The monoisotopic (exact) mass is 292 g/mol. The fraction of sp³-hybridized carbons (Fsp3) is 0.588. The molecule has 4 nitrogen and oxygen atoms in total. The summed E-state index contributed by atoms with van der Waals surface area (Å²) >= 11 is 0. The summed E-state index contributed by atoms with van der Waals surface area (Å²) in [7, 11) is 0. The molecule has 4 heteroatoms. The van der Waals surface area contributed by atoms with Crippen LogP contribution >= 0.6 is 0 Å². The molecule has 1 aromatic rings. The number of hydrogen-bond donors (Lipinski definition) is 2. The fourth-order valence-electron chi connectivity index (χ4n) is 2.14. The Morgan fingerprint density at radius 3 is 2.57 bits per heavy atom. The summed E-state index contributed by atoms with van der Waals surface area (Å²) in [5, 5.41) is 2.97. The molecule has 0 saturated carbocycles. The lowest BCUT2D eigenvalue weighted by Crippen LogP contribution is -2.36. The molecule has 1 amide bonds. The van der Waals surface area contributed by atoms with E-state index in [1.54, 1.807) is 0 Å². The molecule has 0 fully saturated rings. The van der Waals surface area contributed by atoms with Crippen LogP contribution in [0.15, 0.2) is 24.3 Å². The van der Waals surface area contributed by atoms with Gasteiger partial charge in [0.15, 0.2) is 6.61 Å². The Balaban J connectivity index is 2.20. The Morgan fingerprint density at radius 1 is 1.24 bits per heavy atom. The number of ether oxygens (including phenoxy) is 1. The van der Waals surface area contributed by atoms with Crippen molar-refractivity contribution in [3.05, 3.63) is 29.8 Å². The van der Waals surface area contributed by atoms with Crippen molar-refractivity contribution < 1.29 is 9.53 Å². The van der Waals surface area contributed by atoms with Crippen LogP contribution in [-0.2, 0) is 11.3 Å². The van der Waals surface area contributed by atoms with Crippen molar-refractivity contribution in [2.75, 3.05) is 6.61 Å². The fourth-order valence-corrected chi connectivity index (χ4v) is 2.14. The van der Waals surface area contributed by atoms with Gasteiger partial charge < -0.3 is 15.8 Å². The van der Waals surface area contributed by atoms with Crippen LogP contribution in [0.4, 0.5) is 0 Å². The highest BCUT2D eigenvalue weighted by Gasteiger charge is 2.07. The molecule has 1 rings (SSSR count). The lowest BCUT2D eigenvalue weighted by Gasteiger charge is -2.14. The summed E-state index contributed by atoms with van der Waals surface area (Å²) < 4.78 is 5.46. The molecule has 118 valence electrons. The van der Waals surface area contributed by atoms with Gasteiger partial charge in [-0.3, -0.25) is 4.79 Å². The minimum absolute atomic E-state index is 0.0568. The SMILES string of the molecule is CCCCCCC(C)NC(=O)COc1ccc(CN)cc1. The molecule has 1 aromatic carbocycles. The van der Waals surface area contributed by atoms with Gasteiger partial charge in [-0.05, 0) is 31.0 Å². The number of nitrogens with two attached hydrogens (primary N) is 1.